The molecule has 4 atom stereocenters. The van der Waals surface area contributed by atoms with E-state index >= 15 is 0 Å². The van der Waals surface area contributed by atoms with Crippen molar-refractivity contribution in [2.45, 2.75) is 24.9 Å². The Morgan fingerprint density at radius 1 is 1.48 bits per heavy atom. The predicted molar refractivity (Wildman–Crippen MR) is 83.4 cm³/mol. The molecule has 2 aromatic rings. The number of nitriles is 1. The maximum absolute atomic E-state index is 12.4. The van der Waals surface area contributed by atoms with E-state index in [-0.39, 0.29) is 24.0 Å². The van der Waals surface area contributed by atoms with Gasteiger partial charge in [0.25, 0.3) is 0 Å². The quantitative estimate of drug-likeness (QED) is 0.820. The number of rotatable bonds is 1. The Morgan fingerprint density at radius 2 is 2.30 bits per heavy atom. The van der Waals surface area contributed by atoms with Crippen LogP contribution in [0.15, 0.2) is 24.3 Å². The van der Waals surface area contributed by atoms with Gasteiger partial charge in [0.1, 0.15) is 11.5 Å². The fraction of sp³-hybridized carbons (Fsp3) is 0.444. The Labute approximate surface area is 133 Å². The minimum absolute atomic E-state index is 0.134. The van der Waals surface area contributed by atoms with Gasteiger partial charge in [0.2, 0.25) is 0 Å². The van der Waals surface area contributed by atoms with Crippen LogP contribution in [0.3, 0.4) is 0 Å². The second kappa shape index (κ2) is 4.15. The Kier molecular flexibility index (Phi) is 2.37. The molecular formula is C18H17N3O2. The van der Waals surface area contributed by atoms with E-state index in [1.807, 2.05) is 6.07 Å². The zero-order valence-corrected chi connectivity index (χ0v) is 12.9. The molecule has 5 nitrogen and oxygen atoms in total. The normalized spacial score (nSPS) is 34.3. The Hall–Kier alpha value is -2.32. The van der Waals surface area contributed by atoms with E-state index in [1.165, 1.54) is 23.8 Å². The SMILES string of the molecule is COC(=O)[C@]12C[C@H]1[C@@H]1c3[nH]c4ccccc4c3CCN1[C@H]2C#N. The lowest BCUT2D eigenvalue weighted by molar-refractivity contribution is -0.148. The number of piperidine rings is 1. The van der Waals surface area contributed by atoms with E-state index in [2.05, 4.69) is 34.2 Å². The minimum atomic E-state index is -0.618. The van der Waals surface area contributed by atoms with E-state index in [0.717, 1.165) is 24.9 Å². The van der Waals surface area contributed by atoms with E-state index in [0.29, 0.717) is 0 Å². The lowest BCUT2D eigenvalue weighted by atomic mass is 9.95. The first-order chi connectivity index (χ1) is 11.2. The number of aromatic nitrogens is 1. The molecule has 3 aliphatic rings. The van der Waals surface area contributed by atoms with Gasteiger partial charge in [0, 0.05) is 23.1 Å². The van der Waals surface area contributed by atoms with Gasteiger partial charge < -0.3 is 9.72 Å². The molecule has 23 heavy (non-hydrogen) atoms. The number of carbonyl (C=O) groups excluding carboxylic acids is 1. The van der Waals surface area contributed by atoms with Crippen molar-refractivity contribution in [2.24, 2.45) is 11.3 Å². The van der Waals surface area contributed by atoms with Crippen LogP contribution in [-0.4, -0.2) is 35.5 Å². The monoisotopic (exact) mass is 307 g/mol. The molecule has 1 N–H and O–H groups in total. The largest absolute Gasteiger partial charge is 0.469 e. The molecule has 1 saturated heterocycles. The fourth-order valence-electron chi connectivity index (χ4n) is 5.04. The van der Waals surface area contributed by atoms with Crippen molar-refractivity contribution >= 4 is 16.9 Å². The zero-order valence-electron chi connectivity index (χ0n) is 12.9. The number of methoxy groups -OCH3 is 1. The number of fused-ring (bicyclic) bond motifs is 7. The summed E-state index contributed by atoms with van der Waals surface area (Å²) < 4.78 is 5.04. The van der Waals surface area contributed by atoms with Crippen LogP contribution in [0.25, 0.3) is 10.9 Å². The second-order valence-corrected chi connectivity index (χ2v) is 6.87. The van der Waals surface area contributed by atoms with Crippen molar-refractivity contribution in [2.75, 3.05) is 13.7 Å². The molecule has 1 saturated carbocycles. The molecule has 0 amide bonds. The highest BCUT2D eigenvalue weighted by atomic mass is 16.5. The number of hydrogen-bond acceptors (Lipinski definition) is 4. The van der Waals surface area contributed by atoms with Crippen molar-refractivity contribution in [3.63, 3.8) is 0 Å². The lowest BCUT2D eigenvalue weighted by Crippen LogP contribution is -2.43. The van der Waals surface area contributed by atoms with Crippen molar-refractivity contribution < 1.29 is 9.53 Å². The molecule has 116 valence electrons. The Bertz CT molecular complexity index is 880. The van der Waals surface area contributed by atoms with Crippen LogP contribution in [-0.2, 0) is 16.0 Å². The fourth-order valence-corrected chi connectivity index (χ4v) is 5.04. The zero-order chi connectivity index (χ0) is 15.8. The summed E-state index contributed by atoms with van der Waals surface area (Å²) in [4.78, 5) is 18.1. The molecule has 5 heteroatoms. The standard InChI is InChI=1S/C18H17N3O2/c1-23-17(22)18-8-12(18)16-15-11(6-7-21(16)14(18)9-19)10-4-2-3-5-13(10)20-15/h2-5,12,14,16,20H,6-8H2,1H3/t12-,14-,16+,18+/m0/s1. The lowest BCUT2D eigenvalue weighted by Gasteiger charge is -2.34. The summed E-state index contributed by atoms with van der Waals surface area (Å²) in [5, 5.41) is 11.0. The van der Waals surface area contributed by atoms with Crippen LogP contribution >= 0.6 is 0 Å². The molecule has 0 spiro atoms. The predicted octanol–water partition coefficient (Wildman–Crippen LogP) is 2.15. The molecule has 3 heterocycles. The summed E-state index contributed by atoms with van der Waals surface area (Å²) in [5.41, 5.74) is 3.08. The number of nitrogens with zero attached hydrogens (tertiary/aromatic N) is 2. The van der Waals surface area contributed by atoms with Crippen molar-refractivity contribution in [3.8, 4) is 6.07 Å². The Morgan fingerprint density at radius 3 is 3.09 bits per heavy atom. The van der Waals surface area contributed by atoms with Crippen molar-refractivity contribution in [1.29, 1.82) is 5.26 Å². The average molecular weight is 307 g/mol. The summed E-state index contributed by atoms with van der Waals surface area (Å²) in [6, 6.07) is 10.5. The van der Waals surface area contributed by atoms with Crippen molar-refractivity contribution in [1.82, 2.24) is 9.88 Å². The highest BCUT2D eigenvalue weighted by molar-refractivity contribution is 5.87. The Balaban J connectivity index is 1.67. The average Bonchev–Trinajstić information content (AvgIpc) is 3.10. The highest BCUT2D eigenvalue weighted by Gasteiger charge is 2.76. The third-order valence-electron chi connectivity index (χ3n) is 6.07. The maximum Gasteiger partial charge on any atom is 0.314 e. The number of carbonyl (C=O) groups is 1. The number of hydrogen-bond donors (Lipinski definition) is 1. The van der Waals surface area contributed by atoms with Crippen LogP contribution in [0, 0.1) is 22.7 Å². The van der Waals surface area contributed by atoms with Crippen molar-refractivity contribution in [3.05, 3.63) is 35.5 Å². The smallest absolute Gasteiger partial charge is 0.314 e. The van der Waals surface area contributed by atoms with Crippen LogP contribution in [0.2, 0.25) is 0 Å². The van der Waals surface area contributed by atoms with Crippen LogP contribution in [0.1, 0.15) is 23.7 Å². The molecule has 1 aromatic heterocycles. The third kappa shape index (κ3) is 1.38. The molecule has 0 radical (unpaired) electrons. The first-order valence-electron chi connectivity index (χ1n) is 8.05. The van der Waals surface area contributed by atoms with E-state index < -0.39 is 5.41 Å². The number of para-hydroxylation sites is 1. The maximum atomic E-state index is 12.4. The molecule has 2 aliphatic heterocycles. The number of ether oxygens (including phenoxy) is 1. The molecule has 1 aromatic carbocycles. The number of H-pyrrole nitrogens is 1. The van der Waals surface area contributed by atoms with Gasteiger partial charge in [-0.1, -0.05) is 18.2 Å². The van der Waals surface area contributed by atoms with Crippen LogP contribution < -0.4 is 0 Å². The summed E-state index contributed by atoms with van der Waals surface area (Å²) in [5.74, 6) is -0.0344. The topological polar surface area (TPSA) is 69.1 Å². The third-order valence-corrected chi connectivity index (χ3v) is 6.07. The summed E-state index contributed by atoms with van der Waals surface area (Å²) >= 11 is 0. The second-order valence-electron chi connectivity index (χ2n) is 6.87. The van der Waals surface area contributed by atoms with Gasteiger partial charge in [-0.3, -0.25) is 9.69 Å². The van der Waals surface area contributed by atoms with Crippen LogP contribution in [0.5, 0.6) is 0 Å². The molecule has 1 aliphatic carbocycles. The van der Waals surface area contributed by atoms with Gasteiger partial charge in [0.05, 0.1) is 19.2 Å². The first kappa shape index (κ1) is 13.1. The molecule has 5 rings (SSSR count). The van der Waals surface area contributed by atoms with E-state index in [9.17, 15) is 10.1 Å². The van der Waals surface area contributed by atoms with Gasteiger partial charge in [-0.25, -0.2) is 0 Å². The highest BCUT2D eigenvalue weighted by Crippen LogP contribution is 2.70. The number of esters is 1. The number of nitrogens with one attached hydrogen (secondary N) is 1. The number of benzene rings is 1. The van der Waals surface area contributed by atoms with E-state index in [4.69, 9.17) is 4.74 Å². The minimum Gasteiger partial charge on any atom is -0.469 e. The van der Waals surface area contributed by atoms with Crippen LogP contribution in [0.4, 0.5) is 0 Å². The summed E-state index contributed by atoms with van der Waals surface area (Å²) in [7, 11) is 1.42. The molecule has 0 bridgehead atoms. The molecule has 2 fully saturated rings. The summed E-state index contributed by atoms with van der Waals surface area (Å²) in [6.07, 6.45) is 1.67. The number of aromatic amines is 1. The molecular weight excluding hydrogens is 290 g/mol. The molecule has 0 unspecified atom stereocenters. The van der Waals surface area contributed by atoms with Gasteiger partial charge in [-0.2, -0.15) is 5.26 Å². The summed E-state index contributed by atoms with van der Waals surface area (Å²) in [6.45, 7) is 0.826. The van der Waals surface area contributed by atoms with E-state index in [1.54, 1.807) is 0 Å². The van der Waals surface area contributed by atoms with Gasteiger partial charge in [0.15, 0.2) is 0 Å². The van der Waals surface area contributed by atoms with Gasteiger partial charge >= 0.3 is 5.97 Å². The van der Waals surface area contributed by atoms with Gasteiger partial charge in [-0.05, 0) is 30.4 Å². The van der Waals surface area contributed by atoms with Gasteiger partial charge in [-0.15, -0.1) is 0 Å². The first-order valence-corrected chi connectivity index (χ1v) is 8.05.